The van der Waals surface area contributed by atoms with Crippen LogP contribution in [0, 0.1) is 24.6 Å². The van der Waals surface area contributed by atoms with Crippen LogP contribution in [0.5, 0.6) is 0 Å². The second-order valence-electron chi connectivity index (χ2n) is 5.38. The number of carboxylic acids is 1. The first-order valence-corrected chi connectivity index (χ1v) is 7.02. The van der Waals surface area contributed by atoms with Gasteiger partial charge in [-0.2, -0.15) is 0 Å². The summed E-state index contributed by atoms with van der Waals surface area (Å²) in [5.74, 6) is -1.61. The zero-order valence-corrected chi connectivity index (χ0v) is 11.9. The van der Waals surface area contributed by atoms with E-state index in [1.54, 1.807) is 13.0 Å². The molecule has 2 atom stereocenters. The number of urea groups is 1. The molecule has 1 saturated carbocycles. The molecule has 0 saturated heterocycles. The largest absolute Gasteiger partial charge is 0.481 e. The number of carbonyl (C=O) groups is 2. The lowest BCUT2D eigenvalue weighted by Gasteiger charge is -2.17. The zero-order chi connectivity index (χ0) is 15.4. The van der Waals surface area contributed by atoms with Gasteiger partial charge < -0.3 is 15.7 Å². The van der Waals surface area contributed by atoms with Gasteiger partial charge in [-0.05, 0) is 37.8 Å². The number of nitrogens with one attached hydrogen (secondary N) is 2. The van der Waals surface area contributed by atoms with Gasteiger partial charge in [0.05, 0.1) is 5.92 Å². The Hall–Kier alpha value is -2.11. The van der Waals surface area contributed by atoms with Gasteiger partial charge in [-0.15, -0.1) is 0 Å². The number of hydrogen-bond acceptors (Lipinski definition) is 2. The first-order chi connectivity index (χ1) is 9.99. The van der Waals surface area contributed by atoms with Gasteiger partial charge >= 0.3 is 12.0 Å². The molecule has 2 unspecified atom stereocenters. The lowest BCUT2D eigenvalue weighted by Crippen LogP contribution is -2.35. The number of halogens is 1. The number of anilines is 1. The second-order valence-corrected chi connectivity index (χ2v) is 5.38. The molecule has 0 radical (unpaired) electrons. The maximum atomic E-state index is 13.4. The summed E-state index contributed by atoms with van der Waals surface area (Å²) in [6.07, 6.45) is 2.33. The molecule has 0 aliphatic heterocycles. The number of carboxylic acid groups (broad SMARTS) is 1. The molecule has 1 aromatic rings. The maximum Gasteiger partial charge on any atom is 0.319 e. The molecule has 21 heavy (non-hydrogen) atoms. The van der Waals surface area contributed by atoms with E-state index in [0.29, 0.717) is 24.2 Å². The highest BCUT2D eigenvalue weighted by atomic mass is 19.1. The van der Waals surface area contributed by atoms with Gasteiger partial charge in [-0.1, -0.05) is 12.5 Å². The molecule has 0 bridgehead atoms. The van der Waals surface area contributed by atoms with Crippen LogP contribution >= 0.6 is 0 Å². The van der Waals surface area contributed by atoms with Crippen molar-refractivity contribution in [2.45, 2.75) is 26.2 Å². The Kier molecular flexibility index (Phi) is 4.77. The van der Waals surface area contributed by atoms with Gasteiger partial charge in [0.2, 0.25) is 0 Å². The third-order valence-corrected chi connectivity index (χ3v) is 4.02. The normalized spacial score (nSPS) is 21.0. The lowest BCUT2D eigenvalue weighted by atomic mass is 9.96. The molecular weight excluding hydrogens is 275 g/mol. The minimum Gasteiger partial charge on any atom is -0.481 e. The molecular formula is C15H19FN2O3. The lowest BCUT2D eigenvalue weighted by molar-refractivity contribution is -0.142. The molecule has 0 heterocycles. The molecule has 2 amide bonds. The summed E-state index contributed by atoms with van der Waals surface area (Å²) in [7, 11) is 0. The number of amides is 2. The van der Waals surface area contributed by atoms with Gasteiger partial charge in [0.15, 0.2) is 0 Å². The number of carbonyl (C=O) groups excluding carboxylic acids is 1. The van der Waals surface area contributed by atoms with Crippen LogP contribution in [0.2, 0.25) is 0 Å². The number of hydrogen-bond donors (Lipinski definition) is 3. The Bertz CT molecular complexity index is 548. The standard InChI is InChI=1S/C15H19FN2O3/c1-9-12(16)6-3-7-13(9)18-15(21)17-8-10-4-2-5-11(10)14(19)20/h3,6-7,10-11H,2,4-5,8H2,1H3,(H,19,20)(H2,17,18,21). The van der Waals surface area contributed by atoms with E-state index in [0.717, 1.165) is 12.8 Å². The molecule has 1 fully saturated rings. The maximum absolute atomic E-state index is 13.4. The molecule has 1 aromatic carbocycles. The Morgan fingerprint density at radius 3 is 2.86 bits per heavy atom. The van der Waals surface area contributed by atoms with Crippen molar-refractivity contribution in [3.63, 3.8) is 0 Å². The molecule has 0 spiro atoms. The fourth-order valence-electron chi connectivity index (χ4n) is 2.74. The minimum atomic E-state index is -0.805. The number of benzene rings is 1. The van der Waals surface area contributed by atoms with Gasteiger partial charge in [0.25, 0.3) is 0 Å². The topological polar surface area (TPSA) is 78.4 Å². The molecule has 114 valence electrons. The fourth-order valence-corrected chi connectivity index (χ4v) is 2.74. The SMILES string of the molecule is Cc1c(F)cccc1NC(=O)NCC1CCCC1C(=O)O. The Labute approximate surface area is 122 Å². The second kappa shape index (κ2) is 6.56. The third-order valence-electron chi connectivity index (χ3n) is 4.02. The van der Waals surface area contributed by atoms with Crippen molar-refractivity contribution in [3.8, 4) is 0 Å². The quantitative estimate of drug-likeness (QED) is 0.799. The van der Waals surface area contributed by atoms with Crippen molar-refractivity contribution in [1.82, 2.24) is 5.32 Å². The highest BCUT2D eigenvalue weighted by Crippen LogP contribution is 2.31. The molecule has 2 rings (SSSR count). The van der Waals surface area contributed by atoms with Crippen LogP contribution < -0.4 is 10.6 Å². The summed E-state index contributed by atoms with van der Waals surface area (Å²) in [6.45, 7) is 1.90. The first-order valence-electron chi connectivity index (χ1n) is 7.02. The summed E-state index contributed by atoms with van der Waals surface area (Å²) in [5.41, 5.74) is 0.783. The van der Waals surface area contributed by atoms with Crippen LogP contribution in [0.1, 0.15) is 24.8 Å². The first kappa shape index (κ1) is 15.3. The number of rotatable bonds is 4. The van der Waals surface area contributed by atoms with Crippen molar-refractivity contribution in [3.05, 3.63) is 29.6 Å². The summed E-state index contributed by atoms with van der Waals surface area (Å²) in [6, 6.07) is 4.02. The molecule has 5 nitrogen and oxygen atoms in total. The highest BCUT2D eigenvalue weighted by Gasteiger charge is 2.32. The molecule has 1 aliphatic rings. The van der Waals surface area contributed by atoms with Gasteiger partial charge in [0, 0.05) is 17.8 Å². The van der Waals surface area contributed by atoms with Gasteiger partial charge in [0.1, 0.15) is 5.82 Å². The predicted molar refractivity (Wildman–Crippen MR) is 76.6 cm³/mol. The van der Waals surface area contributed by atoms with E-state index >= 15 is 0 Å². The summed E-state index contributed by atoms with van der Waals surface area (Å²) < 4.78 is 13.4. The Balaban J connectivity index is 1.88. The molecule has 3 N–H and O–H groups in total. The zero-order valence-electron chi connectivity index (χ0n) is 11.9. The summed E-state index contributed by atoms with van der Waals surface area (Å²) in [4.78, 5) is 22.9. The van der Waals surface area contributed by atoms with Crippen LogP contribution in [0.4, 0.5) is 14.9 Å². The minimum absolute atomic E-state index is 0.0399. The summed E-state index contributed by atoms with van der Waals surface area (Å²) in [5, 5.41) is 14.3. The Morgan fingerprint density at radius 1 is 1.38 bits per heavy atom. The van der Waals surface area contributed by atoms with Crippen molar-refractivity contribution >= 4 is 17.7 Å². The van der Waals surface area contributed by atoms with Crippen LogP contribution in [0.15, 0.2) is 18.2 Å². The fraction of sp³-hybridized carbons (Fsp3) is 0.467. The van der Waals surface area contributed by atoms with E-state index in [2.05, 4.69) is 10.6 Å². The van der Waals surface area contributed by atoms with Crippen molar-refractivity contribution in [1.29, 1.82) is 0 Å². The predicted octanol–water partition coefficient (Wildman–Crippen LogP) is 2.76. The molecule has 1 aliphatic carbocycles. The van der Waals surface area contributed by atoms with Crippen LogP contribution in [0.25, 0.3) is 0 Å². The van der Waals surface area contributed by atoms with Crippen molar-refractivity contribution < 1.29 is 19.1 Å². The van der Waals surface area contributed by atoms with E-state index < -0.39 is 12.0 Å². The monoisotopic (exact) mass is 294 g/mol. The average Bonchev–Trinajstić information content (AvgIpc) is 2.90. The van der Waals surface area contributed by atoms with Crippen molar-refractivity contribution in [2.75, 3.05) is 11.9 Å². The van der Waals surface area contributed by atoms with E-state index in [-0.39, 0.29) is 17.7 Å². The van der Waals surface area contributed by atoms with Crippen LogP contribution in [-0.2, 0) is 4.79 Å². The molecule has 0 aromatic heterocycles. The Morgan fingerprint density at radius 2 is 2.14 bits per heavy atom. The van der Waals surface area contributed by atoms with E-state index in [1.165, 1.54) is 12.1 Å². The average molecular weight is 294 g/mol. The number of aliphatic carboxylic acids is 1. The van der Waals surface area contributed by atoms with E-state index in [1.807, 2.05) is 0 Å². The molecule has 6 heteroatoms. The van der Waals surface area contributed by atoms with Crippen LogP contribution in [0.3, 0.4) is 0 Å². The van der Waals surface area contributed by atoms with E-state index in [4.69, 9.17) is 5.11 Å². The smallest absolute Gasteiger partial charge is 0.319 e. The van der Waals surface area contributed by atoms with Crippen molar-refractivity contribution in [2.24, 2.45) is 11.8 Å². The third kappa shape index (κ3) is 3.71. The van der Waals surface area contributed by atoms with E-state index in [9.17, 15) is 14.0 Å². The van der Waals surface area contributed by atoms with Crippen LogP contribution in [-0.4, -0.2) is 23.7 Å². The summed E-state index contributed by atoms with van der Waals surface area (Å²) >= 11 is 0. The van der Waals surface area contributed by atoms with Gasteiger partial charge in [-0.3, -0.25) is 4.79 Å². The highest BCUT2D eigenvalue weighted by molar-refractivity contribution is 5.90. The van der Waals surface area contributed by atoms with Gasteiger partial charge in [-0.25, -0.2) is 9.18 Å².